The summed E-state index contributed by atoms with van der Waals surface area (Å²) in [5, 5.41) is 11.0. The topological polar surface area (TPSA) is 63.1 Å². The number of carbonyl (C=O) groups excluding carboxylic acids is 1. The molecule has 7 heteroatoms. The van der Waals surface area contributed by atoms with Crippen LogP contribution in [-0.4, -0.2) is 51.8 Å². The second-order valence-electron chi connectivity index (χ2n) is 7.31. The number of carbonyl (C=O) groups is 1. The van der Waals surface area contributed by atoms with Gasteiger partial charge in [-0.3, -0.25) is 4.79 Å². The summed E-state index contributed by atoms with van der Waals surface area (Å²) in [4.78, 5) is 14.6. The summed E-state index contributed by atoms with van der Waals surface area (Å²) in [6.45, 7) is 3.28. The van der Waals surface area contributed by atoms with Gasteiger partial charge in [0, 0.05) is 19.1 Å². The van der Waals surface area contributed by atoms with Gasteiger partial charge in [-0.25, -0.2) is 4.39 Å². The highest BCUT2D eigenvalue weighted by atomic mass is 19.1. The molecule has 138 valence electrons. The van der Waals surface area contributed by atoms with E-state index in [-0.39, 0.29) is 11.5 Å². The van der Waals surface area contributed by atoms with E-state index in [0.717, 1.165) is 44.3 Å². The summed E-state index contributed by atoms with van der Waals surface area (Å²) in [5.74, 6) is -0.0525. The molecule has 26 heavy (non-hydrogen) atoms. The van der Waals surface area contributed by atoms with Crippen LogP contribution in [0, 0.1) is 11.7 Å². The second-order valence-corrected chi connectivity index (χ2v) is 7.31. The summed E-state index contributed by atoms with van der Waals surface area (Å²) < 4.78 is 16.3. The van der Waals surface area contributed by atoms with Crippen LogP contribution < -0.4 is 5.32 Å². The number of benzene rings is 1. The lowest BCUT2D eigenvalue weighted by atomic mass is 9.96. The Hall–Kier alpha value is -2.28. The maximum Gasteiger partial charge on any atom is 0.256 e. The Labute approximate surface area is 152 Å². The molecular weight excluding hydrogens is 333 g/mol. The fourth-order valence-electron chi connectivity index (χ4n) is 4.02. The number of rotatable bonds is 4. The van der Waals surface area contributed by atoms with Crippen LogP contribution in [0.4, 0.5) is 4.39 Å². The first-order valence-electron chi connectivity index (χ1n) is 9.33. The van der Waals surface area contributed by atoms with Crippen molar-refractivity contribution in [1.29, 1.82) is 0 Å². The van der Waals surface area contributed by atoms with E-state index in [1.807, 2.05) is 10.6 Å². The van der Waals surface area contributed by atoms with E-state index in [9.17, 15) is 9.18 Å². The summed E-state index contributed by atoms with van der Waals surface area (Å²) in [6.07, 6.45) is 7.12. The SMILES string of the molecule is O=C(c1cc(CC2CCNC2)ccc1F)N1CCC(n2cnnc2)CC1. The van der Waals surface area contributed by atoms with E-state index in [1.165, 1.54) is 6.07 Å². The van der Waals surface area contributed by atoms with Crippen LogP contribution in [0.1, 0.15) is 41.2 Å². The van der Waals surface area contributed by atoms with Crippen LogP contribution in [-0.2, 0) is 6.42 Å². The lowest BCUT2D eigenvalue weighted by molar-refractivity contribution is 0.0689. The molecule has 4 rings (SSSR count). The van der Waals surface area contributed by atoms with Crippen molar-refractivity contribution in [2.45, 2.75) is 31.7 Å². The number of nitrogens with zero attached hydrogens (tertiary/aromatic N) is 4. The van der Waals surface area contributed by atoms with Crippen molar-refractivity contribution in [1.82, 2.24) is 25.0 Å². The van der Waals surface area contributed by atoms with Gasteiger partial charge in [-0.2, -0.15) is 0 Å². The van der Waals surface area contributed by atoms with E-state index < -0.39 is 5.82 Å². The van der Waals surface area contributed by atoms with E-state index in [0.29, 0.717) is 25.0 Å². The molecule has 1 amide bonds. The van der Waals surface area contributed by atoms with Crippen molar-refractivity contribution in [3.63, 3.8) is 0 Å². The zero-order valence-electron chi connectivity index (χ0n) is 14.8. The minimum Gasteiger partial charge on any atom is -0.338 e. The molecule has 2 aliphatic rings. The third-order valence-electron chi connectivity index (χ3n) is 5.56. The van der Waals surface area contributed by atoms with E-state index >= 15 is 0 Å². The van der Waals surface area contributed by atoms with E-state index in [1.54, 1.807) is 23.6 Å². The predicted octanol–water partition coefficient (Wildman–Crippen LogP) is 2.05. The first kappa shape index (κ1) is 17.1. The minimum absolute atomic E-state index is 0.198. The summed E-state index contributed by atoms with van der Waals surface area (Å²) in [6, 6.07) is 5.31. The Kier molecular flexibility index (Phi) is 4.97. The van der Waals surface area contributed by atoms with Crippen LogP contribution in [0.3, 0.4) is 0 Å². The molecule has 0 spiro atoms. The van der Waals surface area contributed by atoms with Crippen molar-refractivity contribution >= 4 is 5.91 Å². The summed E-state index contributed by atoms with van der Waals surface area (Å²) >= 11 is 0. The first-order valence-corrected chi connectivity index (χ1v) is 9.33. The van der Waals surface area contributed by atoms with Crippen LogP contribution in [0.2, 0.25) is 0 Å². The highest BCUT2D eigenvalue weighted by Gasteiger charge is 2.26. The zero-order valence-corrected chi connectivity index (χ0v) is 14.8. The zero-order chi connectivity index (χ0) is 17.9. The highest BCUT2D eigenvalue weighted by molar-refractivity contribution is 5.94. The molecule has 0 aliphatic carbocycles. The third-order valence-corrected chi connectivity index (χ3v) is 5.56. The van der Waals surface area contributed by atoms with Gasteiger partial charge in [0.1, 0.15) is 18.5 Å². The Balaban J connectivity index is 1.42. The molecule has 0 bridgehead atoms. The van der Waals surface area contributed by atoms with Gasteiger partial charge in [0.15, 0.2) is 0 Å². The monoisotopic (exact) mass is 357 g/mol. The van der Waals surface area contributed by atoms with Gasteiger partial charge >= 0.3 is 0 Å². The quantitative estimate of drug-likeness (QED) is 0.910. The predicted molar refractivity (Wildman–Crippen MR) is 95.3 cm³/mol. The van der Waals surface area contributed by atoms with Gasteiger partial charge in [-0.1, -0.05) is 6.07 Å². The Morgan fingerprint density at radius 2 is 1.96 bits per heavy atom. The Morgan fingerprint density at radius 1 is 1.19 bits per heavy atom. The second kappa shape index (κ2) is 7.53. The summed E-state index contributed by atoms with van der Waals surface area (Å²) in [7, 11) is 0. The van der Waals surface area contributed by atoms with Crippen LogP contribution in [0.5, 0.6) is 0 Å². The minimum atomic E-state index is -0.427. The molecule has 1 atom stereocenters. The maximum absolute atomic E-state index is 14.3. The van der Waals surface area contributed by atoms with E-state index in [4.69, 9.17) is 0 Å². The highest BCUT2D eigenvalue weighted by Crippen LogP contribution is 2.24. The number of nitrogens with one attached hydrogen (secondary N) is 1. The van der Waals surface area contributed by atoms with Gasteiger partial charge in [0.25, 0.3) is 5.91 Å². The number of likely N-dealkylation sites (tertiary alicyclic amines) is 1. The molecule has 1 N–H and O–H groups in total. The average Bonchev–Trinajstić information content (AvgIpc) is 3.37. The molecule has 2 aliphatic heterocycles. The third kappa shape index (κ3) is 3.62. The van der Waals surface area contributed by atoms with Crippen molar-refractivity contribution in [3.05, 3.63) is 47.8 Å². The van der Waals surface area contributed by atoms with Gasteiger partial charge < -0.3 is 14.8 Å². The molecule has 0 radical (unpaired) electrons. The largest absolute Gasteiger partial charge is 0.338 e. The van der Waals surface area contributed by atoms with Gasteiger partial charge in [-0.15, -0.1) is 10.2 Å². The molecule has 1 unspecified atom stereocenters. The van der Waals surface area contributed by atoms with E-state index in [2.05, 4.69) is 15.5 Å². The van der Waals surface area contributed by atoms with Crippen LogP contribution in [0.15, 0.2) is 30.9 Å². The fraction of sp³-hybridized carbons (Fsp3) is 0.526. The fourth-order valence-corrected chi connectivity index (χ4v) is 4.02. The number of aromatic nitrogens is 3. The van der Waals surface area contributed by atoms with Gasteiger partial charge in [-0.05, 0) is 62.4 Å². The molecule has 1 aromatic heterocycles. The molecular formula is C19H24FN5O. The lowest BCUT2D eigenvalue weighted by Crippen LogP contribution is -2.39. The molecule has 0 saturated carbocycles. The van der Waals surface area contributed by atoms with Crippen molar-refractivity contribution in [2.75, 3.05) is 26.2 Å². The Bertz CT molecular complexity index is 749. The number of hydrogen-bond acceptors (Lipinski definition) is 4. The first-order chi connectivity index (χ1) is 12.7. The van der Waals surface area contributed by atoms with Crippen LogP contribution in [0.25, 0.3) is 0 Å². The van der Waals surface area contributed by atoms with Crippen molar-refractivity contribution in [3.8, 4) is 0 Å². The molecule has 2 aromatic rings. The van der Waals surface area contributed by atoms with Crippen molar-refractivity contribution < 1.29 is 9.18 Å². The number of amides is 1. The molecule has 2 fully saturated rings. The molecule has 1 aromatic carbocycles. The molecule has 3 heterocycles. The number of halogens is 1. The van der Waals surface area contributed by atoms with Crippen molar-refractivity contribution in [2.24, 2.45) is 5.92 Å². The number of piperidine rings is 1. The Morgan fingerprint density at radius 3 is 2.65 bits per heavy atom. The molecule has 2 saturated heterocycles. The average molecular weight is 357 g/mol. The maximum atomic E-state index is 14.3. The standard InChI is InChI=1S/C19H24FN5O/c20-18-2-1-14(9-15-3-6-21-11-15)10-17(18)19(26)24-7-4-16(5-8-24)25-12-22-23-13-25/h1-2,10,12-13,15-16,21H,3-9,11H2. The van der Waals surface area contributed by atoms with Gasteiger partial charge in [0.2, 0.25) is 0 Å². The molecule has 6 nitrogen and oxygen atoms in total. The summed E-state index contributed by atoms with van der Waals surface area (Å²) in [5.41, 5.74) is 1.25. The van der Waals surface area contributed by atoms with Gasteiger partial charge in [0.05, 0.1) is 5.56 Å². The smallest absolute Gasteiger partial charge is 0.256 e. The van der Waals surface area contributed by atoms with Crippen LogP contribution >= 0.6 is 0 Å². The lowest BCUT2D eigenvalue weighted by Gasteiger charge is -2.32. The normalized spacial score (nSPS) is 21.3. The number of hydrogen-bond donors (Lipinski definition) is 1.